The fourth-order valence-electron chi connectivity index (χ4n) is 2.14. The molecule has 0 aliphatic carbocycles. The van der Waals surface area contributed by atoms with Crippen molar-refractivity contribution in [2.24, 2.45) is 0 Å². The third-order valence-electron chi connectivity index (χ3n) is 3.11. The maximum atomic E-state index is 6.34. The van der Waals surface area contributed by atoms with Gasteiger partial charge in [0.1, 0.15) is 0 Å². The molecule has 0 fully saturated rings. The summed E-state index contributed by atoms with van der Waals surface area (Å²) in [7, 11) is 0. The van der Waals surface area contributed by atoms with Crippen LogP contribution < -0.4 is 5.32 Å². The van der Waals surface area contributed by atoms with E-state index in [2.05, 4.69) is 37.4 Å². The minimum Gasteiger partial charge on any atom is -0.313 e. The second kappa shape index (κ2) is 6.82. The first-order valence-electron chi connectivity index (χ1n) is 6.48. The lowest BCUT2D eigenvalue weighted by atomic mass is 9.97. The molecule has 0 bridgehead atoms. The normalized spacial score (nSPS) is 10.8. The van der Waals surface area contributed by atoms with E-state index in [4.69, 9.17) is 34.8 Å². The summed E-state index contributed by atoms with van der Waals surface area (Å²) in [5, 5.41) is 5.03. The molecule has 0 heterocycles. The molecule has 2 aromatic carbocycles. The molecule has 20 heavy (non-hydrogen) atoms. The van der Waals surface area contributed by atoms with Gasteiger partial charge >= 0.3 is 0 Å². The van der Waals surface area contributed by atoms with E-state index in [1.54, 1.807) is 12.1 Å². The summed E-state index contributed by atoms with van der Waals surface area (Å²) in [4.78, 5) is 0. The van der Waals surface area contributed by atoms with Gasteiger partial charge in [0.25, 0.3) is 0 Å². The Bertz CT molecular complexity index is 600. The quantitative estimate of drug-likeness (QED) is 0.755. The van der Waals surface area contributed by atoms with Crippen LogP contribution in [-0.4, -0.2) is 6.54 Å². The Morgan fingerprint density at radius 3 is 2.25 bits per heavy atom. The topological polar surface area (TPSA) is 12.0 Å². The van der Waals surface area contributed by atoms with E-state index in [-0.39, 0.29) is 0 Å². The molecule has 0 saturated carbocycles. The first kappa shape index (κ1) is 15.7. The molecule has 2 rings (SSSR count). The number of halogens is 3. The van der Waals surface area contributed by atoms with Gasteiger partial charge in [0, 0.05) is 17.1 Å². The first-order valence-corrected chi connectivity index (χ1v) is 7.61. The molecule has 1 N–H and O–H groups in total. The highest BCUT2D eigenvalue weighted by molar-refractivity contribution is 6.41. The van der Waals surface area contributed by atoms with Crippen LogP contribution in [0, 0.1) is 6.92 Å². The highest BCUT2D eigenvalue weighted by Crippen LogP contribution is 2.39. The van der Waals surface area contributed by atoms with Crippen molar-refractivity contribution < 1.29 is 0 Å². The zero-order valence-electron chi connectivity index (χ0n) is 11.4. The molecule has 0 spiro atoms. The largest absolute Gasteiger partial charge is 0.313 e. The van der Waals surface area contributed by atoms with Crippen molar-refractivity contribution in [3.63, 3.8) is 0 Å². The Morgan fingerprint density at radius 2 is 1.65 bits per heavy atom. The van der Waals surface area contributed by atoms with Crippen molar-refractivity contribution >= 4 is 34.8 Å². The van der Waals surface area contributed by atoms with Crippen molar-refractivity contribution in [1.82, 2.24) is 5.32 Å². The number of hydrogen-bond acceptors (Lipinski definition) is 1. The van der Waals surface area contributed by atoms with Gasteiger partial charge in [0.2, 0.25) is 0 Å². The van der Waals surface area contributed by atoms with Crippen LogP contribution in [0.25, 0.3) is 11.1 Å². The SMILES string of the molecule is CCNCc1ccc(C)cc1-c1c(Cl)cc(Cl)cc1Cl. The Kier molecular flexibility index (Phi) is 5.34. The average Bonchev–Trinajstić information content (AvgIpc) is 2.36. The van der Waals surface area contributed by atoms with Gasteiger partial charge in [0.05, 0.1) is 10.0 Å². The molecule has 0 saturated heterocycles. The lowest BCUT2D eigenvalue weighted by Crippen LogP contribution is -2.12. The fraction of sp³-hybridized carbons (Fsp3) is 0.250. The number of rotatable bonds is 4. The van der Waals surface area contributed by atoms with Crippen LogP contribution in [0.2, 0.25) is 15.1 Å². The van der Waals surface area contributed by atoms with Gasteiger partial charge in [-0.1, -0.05) is 65.5 Å². The monoisotopic (exact) mass is 327 g/mol. The second-order valence-corrected chi connectivity index (χ2v) is 5.94. The van der Waals surface area contributed by atoms with Crippen molar-refractivity contribution in [1.29, 1.82) is 0 Å². The zero-order chi connectivity index (χ0) is 14.7. The maximum Gasteiger partial charge on any atom is 0.0514 e. The number of hydrogen-bond donors (Lipinski definition) is 1. The van der Waals surface area contributed by atoms with E-state index in [0.717, 1.165) is 24.2 Å². The van der Waals surface area contributed by atoms with E-state index in [9.17, 15) is 0 Å². The highest BCUT2D eigenvalue weighted by atomic mass is 35.5. The van der Waals surface area contributed by atoms with E-state index in [1.807, 2.05) is 0 Å². The third-order valence-corrected chi connectivity index (χ3v) is 3.92. The van der Waals surface area contributed by atoms with E-state index < -0.39 is 0 Å². The van der Waals surface area contributed by atoms with Gasteiger partial charge in [-0.2, -0.15) is 0 Å². The van der Waals surface area contributed by atoms with Gasteiger partial charge < -0.3 is 5.32 Å². The van der Waals surface area contributed by atoms with E-state index >= 15 is 0 Å². The standard InChI is InChI=1S/C16H16Cl3N/c1-3-20-9-11-5-4-10(2)6-13(11)16-14(18)7-12(17)8-15(16)19/h4-8,20H,3,9H2,1-2H3. The lowest BCUT2D eigenvalue weighted by Gasteiger charge is -2.14. The molecule has 0 aliphatic rings. The summed E-state index contributed by atoms with van der Waals surface area (Å²) in [5.41, 5.74) is 4.23. The summed E-state index contributed by atoms with van der Waals surface area (Å²) in [6.45, 7) is 5.82. The molecular weight excluding hydrogens is 313 g/mol. The van der Waals surface area contributed by atoms with E-state index in [0.29, 0.717) is 15.1 Å². The predicted octanol–water partition coefficient (Wildman–Crippen LogP) is 5.73. The maximum absolute atomic E-state index is 6.34. The number of benzene rings is 2. The van der Waals surface area contributed by atoms with Gasteiger partial charge in [0.15, 0.2) is 0 Å². The van der Waals surface area contributed by atoms with Crippen LogP contribution in [-0.2, 0) is 6.54 Å². The molecule has 0 unspecified atom stereocenters. The number of nitrogens with one attached hydrogen (secondary N) is 1. The average molecular weight is 329 g/mol. The molecule has 0 aromatic heterocycles. The van der Waals surface area contributed by atoms with Gasteiger partial charge in [-0.15, -0.1) is 0 Å². The fourth-order valence-corrected chi connectivity index (χ4v) is 3.16. The molecular formula is C16H16Cl3N. The van der Waals surface area contributed by atoms with Crippen LogP contribution in [0.15, 0.2) is 30.3 Å². The Balaban J connectivity index is 2.59. The number of aryl methyl sites for hydroxylation is 1. The minimum atomic E-state index is 0.546. The minimum absolute atomic E-state index is 0.546. The predicted molar refractivity (Wildman–Crippen MR) is 89.0 cm³/mol. The van der Waals surface area contributed by atoms with Gasteiger partial charge in [-0.05, 0) is 36.7 Å². The van der Waals surface area contributed by atoms with Crippen molar-refractivity contribution in [2.75, 3.05) is 6.54 Å². The molecule has 0 amide bonds. The van der Waals surface area contributed by atoms with Crippen LogP contribution in [0.4, 0.5) is 0 Å². The summed E-state index contributed by atoms with van der Waals surface area (Å²) >= 11 is 18.7. The van der Waals surface area contributed by atoms with Crippen molar-refractivity contribution in [3.8, 4) is 11.1 Å². The van der Waals surface area contributed by atoms with Crippen LogP contribution in [0.5, 0.6) is 0 Å². The smallest absolute Gasteiger partial charge is 0.0514 e. The highest BCUT2D eigenvalue weighted by Gasteiger charge is 2.14. The molecule has 4 heteroatoms. The molecule has 0 atom stereocenters. The summed E-state index contributed by atoms with van der Waals surface area (Å²) in [6, 6.07) is 9.75. The first-order chi connectivity index (χ1) is 9.52. The van der Waals surface area contributed by atoms with E-state index in [1.165, 1.54) is 11.1 Å². The molecule has 0 aliphatic heterocycles. The van der Waals surface area contributed by atoms with Gasteiger partial charge in [-0.3, -0.25) is 0 Å². The molecule has 106 valence electrons. The molecule has 2 aromatic rings. The molecule has 1 nitrogen and oxygen atoms in total. The Hall–Kier alpha value is -0.730. The van der Waals surface area contributed by atoms with Gasteiger partial charge in [-0.25, -0.2) is 0 Å². The molecule has 0 radical (unpaired) electrons. The van der Waals surface area contributed by atoms with Crippen LogP contribution in [0.1, 0.15) is 18.1 Å². The Morgan fingerprint density at radius 1 is 1.00 bits per heavy atom. The van der Waals surface area contributed by atoms with Crippen LogP contribution in [0.3, 0.4) is 0 Å². The van der Waals surface area contributed by atoms with Crippen molar-refractivity contribution in [2.45, 2.75) is 20.4 Å². The van der Waals surface area contributed by atoms with Crippen LogP contribution >= 0.6 is 34.8 Å². The summed E-state index contributed by atoms with van der Waals surface area (Å²) in [5.74, 6) is 0. The second-order valence-electron chi connectivity index (χ2n) is 4.69. The third kappa shape index (κ3) is 3.48. The summed E-state index contributed by atoms with van der Waals surface area (Å²) < 4.78 is 0. The lowest BCUT2D eigenvalue weighted by molar-refractivity contribution is 0.728. The summed E-state index contributed by atoms with van der Waals surface area (Å²) in [6.07, 6.45) is 0. The Labute approximate surface area is 134 Å². The van der Waals surface area contributed by atoms with Crippen molar-refractivity contribution in [3.05, 3.63) is 56.5 Å². The zero-order valence-corrected chi connectivity index (χ0v) is 13.7.